The Morgan fingerprint density at radius 2 is 2.16 bits per heavy atom. The van der Waals surface area contributed by atoms with Crippen molar-refractivity contribution in [1.82, 2.24) is 15.1 Å². The van der Waals surface area contributed by atoms with E-state index in [1.807, 2.05) is 43.6 Å². The number of nitrogens with one attached hydrogen (secondary N) is 1. The van der Waals surface area contributed by atoms with Gasteiger partial charge in [-0.25, -0.2) is 0 Å². The van der Waals surface area contributed by atoms with Crippen molar-refractivity contribution in [2.24, 2.45) is 17.9 Å². The predicted molar refractivity (Wildman–Crippen MR) is 72.7 cm³/mol. The van der Waals surface area contributed by atoms with Gasteiger partial charge in [0, 0.05) is 31.9 Å². The normalized spacial score (nSPS) is 11.7. The molecule has 0 saturated heterocycles. The van der Waals surface area contributed by atoms with Crippen LogP contribution in [0.1, 0.15) is 16.8 Å². The van der Waals surface area contributed by atoms with E-state index >= 15 is 0 Å². The van der Waals surface area contributed by atoms with E-state index < -0.39 is 0 Å². The Morgan fingerprint density at radius 3 is 2.84 bits per heavy atom. The van der Waals surface area contributed by atoms with Crippen LogP contribution >= 0.6 is 0 Å². The molecule has 0 saturated carbocycles. The summed E-state index contributed by atoms with van der Waals surface area (Å²) in [5.74, 6) is 0.121. The third kappa shape index (κ3) is 3.32. The van der Waals surface area contributed by atoms with Gasteiger partial charge >= 0.3 is 0 Å². The molecule has 0 aliphatic rings. The molecule has 19 heavy (non-hydrogen) atoms. The zero-order chi connectivity index (χ0) is 13.7. The van der Waals surface area contributed by atoms with Crippen LogP contribution in [0, 0.1) is 0 Å². The molecule has 1 aromatic carbocycles. The van der Waals surface area contributed by atoms with Crippen molar-refractivity contribution in [1.29, 1.82) is 0 Å². The Kier molecular flexibility index (Phi) is 4.15. The van der Waals surface area contributed by atoms with Crippen LogP contribution in [0.3, 0.4) is 0 Å². The Bertz CT molecular complexity index is 576. The number of rotatable bonds is 5. The Balaban J connectivity index is 2.00. The summed E-state index contributed by atoms with van der Waals surface area (Å²) in [5.41, 5.74) is 8.33. The zero-order valence-electron chi connectivity index (χ0n) is 10.7. The largest absolute Gasteiger partial charge is 0.409 e. The van der Waals surface area contributed by atoms with Gasteiger partial charge in [-0.15, -0.1) is 0 Å². The van der Waals surface area contributed by atoms with Gasteiger partial charge in [-0.1, -0.05) is 29.4 Å². The number of benzene rings is 1. The molecule has 1 heterocycles. The fourth-order valence-electron chi connectivity index (χ4n) is 1.86. The highest BCUT2D eigenvalue weighted by Crippen LogP contribution is 2.08. The smallest absolute Gasteiger partial charge is 0.170 e. The summed E-state index contributed by atoms with van der Waals surface area (Å²) in [7, 11) is 1.89. The second-order valence-electron chi connectivity index (χ2n) is 4.23. The molecule has 0 radical (unpaired) electrons. The third-order valence-electron chi connectivity index (χ3n) is 2.79. The summed E-state index contributed by atoms with van der Waals surface area (Å²) in [6, 6.07) is 9.51. The predicted octanol–water partition coefficient (Wildman–Crippen LogP) is 0.804. The Hall–Kier alpha value is -2.34. The lowest BCUT2D eigenvalue weighted by molar-refractivity contribution is 0.318. The summed E-state index contributed by atoms with van der Waals surface area (Å²) >= 11 is 0. The van der Waals surface area contributed by atoms with Gasteiger partial charge in [-0.05, 0) is 11.6 Å². The first kappa shape index (κ1) is 13.1. The quantitative estimate of drug-likeness (QED) is 0.321. The maximum Gasteiger partial charge on any atom is 0.170 e. The van der Waals surface area contributed by atoms with Crippen molar-refractivity contribution in [3.05, 3.63) is 53.3 Å². The molecule has 0 bridgehead atoms. The molecule has 0 aliphatic heterocycles. The van der Waals surface area contributed by atoms with Crippen LogP contribution in [0.5, 0.6) is 0 Å². The molecule has 6 nitrogen and oxygen atoms in total. The van der Waals surface area contributed by atoms with Gasteiger partial charge in [0.25, 0.3) is 0 Å². The van der Waals surface area contributed by atoms with E-state index in [0.717, 1.165) is 16.8 Å². The molecule has 6 heteroatoms. The van der Waals surface area contributed by atoms with Crippen LogP contribution in [0.4, 0.5) is 0 Å². The van der Waals surface area contributed by atoms with Crippen LogP contribution in [0.2, 0.25) is 0 Å². The minimum absolute atomic E-state index is 0.121. The van der Waals surface area contributed by atoms with Gasteiger partial charge in [0.2, 0.25) is 0 Å². The standard InChI is InChI=1S/C13H17N5O/c1-18-7-6-11(16-18)9-15-8-10-4-2-3-5-12(10)13(14)17-19/h2-7,15,19H,8-9H2,1H3,(H2,14,17). The lowest BCUT2D eigenvalue weighted by Crippen LogP contribution is -2.20. The van der Waals surface area contributed by atoms with Crippen molar-refractivity contribution >= 4 is 5.84 Å². The van der Waals surface area contributed by atoms with Crippen LogP contribution in [-0.4, -0.2) is 20.8 Å². The number of hydrogen-bond acceptors (Lipinski definition) is 4. The highest BCUT2D eigenvalue weighted by molar-refractivity contribution is 5.98. The van der Waals surface area contributed by atoms with Crippen molar-refractivity contribution < 1.29 is 5.21 Å². The number of aryl methyl sites for hydroxylation is 1. The van der Waals surface area contributed by atoms with E-state index in [1.165, 1.54) is 0 Å². The van der Waals surface area contributed by atoms with E-state index in [0.29, 0.717) is 13.1 Å². The highest BCUT2D eigenvalue weighted by atomic mass is 16.4. The number of amidine groups is 1. The van der Waals surface area contributed by atoms with E-state index in [4.69, 9.17) is 10.9 Å². The molecule has 0 fully saturated rings. The minimum atomic E-state index is 0.121. The average molecular weight is 259 g/mol. The lowest BCUT2D eigenvalue weighted by Gasteiger charge is -2.08. The fraction of sp³-hybridized carbons (Fsp3) is 0.231. The monoisotopic (exact) mass is 259 g/mol. The van der Waals surface area contributed by atoms with E-state index in [9.17, 15) is 0 Å². The maximum atomic E-state index is 8.75. The summed E-state index contributed by atoms with van der Waals surface area (Å²) in [6.07, 6.45) is 1.90. The third-order valence-corrected chi connectivity index (χ3v) is 2.79. The van der Waals surface area contributed by atoms with Gasteiger partial charge in [0.15, 0.2) is 5.84 Å². The van der Waals surface area contributed by atoms with Crippen molar-refractivity contribution in [3.63, 3.8) is 0 Å². The van der Waals surface area contributed by atoms with E-state index in [1.54, 1.807) is 4.68 Å². The molecule has 0 atom stereocenters. The van der Waals surface area contributed by atoms with E-state index in [-0.39, 0.29) is 5.84 Å². The summed E-state index contributed by atoms with van der Waals surface area (Å²) in [6.45, 7) is 1.30. The van der Waals surface area contributed by atoms with Gasteiger partial charge in [-0.3, -0.25) is 4.68 Å². The molecule has 2 rings (SSSR count). The first-order chi connectivity index (χ1) is 9.20. The van der Waals surface area contributed by atoms with Crippen molar-refractivity contribution in [3.8, 4) is 0 Å². The first-order valence-electron chi connectivity index (χ1n) is 5.95. The molecule has 0 unspecified atom stereocenters. The summed E-state index contributed by atoms with van der Waals surface area (Å²) < 4.78 is 1.77. The van der Waals surface area contributed by atoms with Gasteiger partial charge < -0.3 is 16.3 Å². The summed E-state index contributed by atoms with van der Waals surface area (Å²) in [4.78, 5) is 0. The van der Waals surface area contributed by atoms with Crippen molar-refractivity contribution in [2.45, 2.75) is 13.1 Å². The molecule has 0 aliphatic carbocycles. The second kappa shape index (κ2) is 6.01. The maximum absolute atomic E-state index is 8.75. The molecular formula is C13H17N5O. The first-order valence-corrected chi connectivity index (χ1v) is 5.95. The second-order valence-corrected chi connectivity index (χ2v) is 4.23. The Labute approximate surface area is 111 Å². The number of nitrogens with two attached hydrogens (primary N) is 1. The number of aromatic nitrogens is 2. The van der Waals surface area contributed by atoms with Gasteiger partial charge in [0.05, 0.1) is 5.69 Å². The molecule has 4 N–H and O–H groups in total. The molecule has 0 spiro atoms. The van der Waals surface area contributed by atoms with Crippen LogP contribution in [0.15, 0.2) is 41.7 Å². The van der Waals surface area contributed by atoms with Crippen molar-refractivity contribution in [2.75, 3.05) is 0 Å². The average Bonchev–Trinajstić information content (AvgIpc) is 2.84. The van der Waals surface area contributed by atoms with E-state index in [2.05, 4.69) is 15.6 Å². The minimum Gasteiger partial charge on any atom is -0.409 e. The van der Waals surface area contributed by atoms with Crippen LogP contribution < -0.4 is 11.1 Å². The van der Waals surface area contributed by atoms with Crippen LogP contribution in [0.25, 0.3) is 0 Å². The van der Waals surface area contributed by atoms with Gasteiger partial charge in [0.1, 0.15) is 0 Å². The summed E-state index contributed by atoms with van der Waals surface area (Å²) in [5, 5.41) is 19.4. The number of oxime groups is 1. The number of hydrogen-bond donors (Lipinski definition) is 3. The molecule has 1 aromatic heterocycles. The molecule has 2 aromatic rings. The lowest BCUT2D eigenvalue weighted by atomic mass is 10.1. The fourth-order valence-corrected chi connectivity index (χ4v) is 1.86. The van der Waals surface area contributed by atoms with Gasteiger partial charge in [-0.2, -0.15) is 5.10 Å². The van der Waals surface area contributed by atoms with Crippen LogP contribution in [-0.2, 0) is 20.1 Å². The zero-order valence-corrected chi connectivity index (χ0v) is 10.7. The molecular weight excluding hydrogens is 242 g/mol. The Morgan fingerprint density at radius 1 is 1.37 bits per heavy atom. The number of nitrogens with zero attached hydrogens (tertiary/aromatic N) is 3. The molecule has 0 amide bonds. The topological polar surface area (TPSA) is 88.5 Å². The molecule has 100 valence electrons. The highest BCUT2D eigenvalue weighted by Gasteiger charge is 2.06. The SMILES string of the molecule is Cn1ccc(CNCc2ccccc2/C(N)=N/O)n1.